The third-order valence-electron chi connectivity index (χ3n) is 7.23. The number of carboxylic acids is 1. The number of para-hydroxylation sites is 1. The van der Waals surface area contributed by atoms with E-state index in [2.05, 4.69) is 5.32 Å². The fraction of sp³-hybridized carbons (Fsp3) is 0.267. The minimum Gasteiger partial charge on any atom is -0.478 e. The van der Waals surface area contributed by atoms with Crippen LogP contribution in [0.15, 0.2) is 69.9 Å². The van der Waals surface area contributed by atoms with Gasteiger partial charge >= 0.3 is 5.97 Å². The topological polar surface area (TPSA) is 117 Å². The Kier molecular flexibility index (Phi) is 6.94. The van der Waals surface area contributed by atoms with Crippen LogP contribution in [0.3, 0.4) is 0 Å². The van der Waals surface area contributed by atoms with Gasteiger partial charge < -0.3 is 19.7 Å². The van der Waals surface area contributed by atoms with E-state index in [-0.39, 0.29) is 28.5 Å². The van der Waals surface area contributed by atoms with Crippen LogP contribution in [-0.4, -0.2) is 44.1 Å². The van der Waals surface area contributed by atoms with Gasteiger partial charge in [0, 0.05) is 41.2 Å². The van der Waals surface area contributed by atoms with Gasteiger partial charge in [-0.3, -0.25) is 4.79 Å². The lowest BCUT2D eigenvalue weighted by molar-refractivity contribution is 0.0698. The van der Waals surface area contributed by atoms with Crippen molar-refractivity contribution in [1.29, 1.82) is 0 Å². The van der Waals surface area contributed by atoms with Crippen molar-refractivity contribution in [3.63, 3.8) is 0 Å². The molecular formula is C30H30N2O6S. The maximum atomic E-state index is 13.5. The summed E-state index contributed by atoms with van der Waals surface area (Å²) in [4.78, 5) is 27.3. The fourth-order valence-corrected chi connectivity index (χ4v) is 6.27. The first-order valence-electron chi connectivity index (χ1n) is 12.8. The Balaban J connectivity index is 1.54. The molecule has 1 saturated heterocycles. The number of aromatic carboxylic acids is 1. The van der Waals surface area contributed by atoms with Crippen molar-refractivity contribution in [2.45, 2.75) is 26.8 Å². The SMILES string of the molecule is Cc1cc(C(C)Nc2ccccc2C(=O)O)c2oc(-c3ccc(N4CCS(=O)(=O)CC4)cc3)c(C)c(=O)c2c1. The number of fused-ring (bicyclic) bond motifs is 1. The van der Waals surface area contributed by atoms with Crippen LogP contribution < -0.4 is 15.6 Å². The maximum absolute atomic E-state index is 13.5. The van der Waals surface area contributed by atoms with Crippen molar-refractivity contribution in [3.8, 4) is 11.3 Å². The van der Waals surface area contributed by atoms with Gasteiger partial charge in [0.25, 0.3) is 0 Å². The first-order valence-corrected chi connectivity index (χ1v) is 14.6. The van der Waals surface area contributed by atoms with Crippen molar-refractivity contribution >= 4 is 38.2 Å². The predicted molar refractivity (Wildman–Crippen MR) is 154 cm³/mol. The number of carboxylic acid groups (broad SMARTS) is 1. The largest absolute Gasteiger partial charge is 0.478 e. The number of anilines is 2. The molecule has 3 aromatic carbocycles. The second kappa shape index (κ2) is 10.2. The summed E-state index contributed by atoms with van der Waals surface area (Å²) in [6.45, 7) is 6.46. The molecule has 0 saturated carbocycles. The monoisotopic (exact) mass is 546 g/mol. The molecule has 2 N–H and O–H groups in total. The van der Waals surface area contributed by atoms with E-state index in [1.165, 1.54) is 0 Å². The van der Waals surface area contributed by atoms with E-state index in [1.54, 1.807) is 31.2 Å². The van der Waals surface area contributed by atoms with Gasteiger partial charge in [-0.05, 0) is 68.8 Å². The van der Waals surface area contributed by atoms with E-state index in [9.17, 15) is 23.1 Å². The summed E-state index contributed by atoms with van der Waals surface area (Å²) in [7, 11) is -2.97. The second-order valence-electron chi connectivity index (χ2n) is 10.0. The molecule has 39 heavy (non-hydrogen) atoms. The summed E-state index contributed by atoms with van der Waals surface area (Å²) in [5.74, 6) is -0.292. The van der Waals surface area contributed by atoms with Crippen molar-refractivity contribution in [1.82, 2.24) is 0 Å². The molecule has 9 heteroatoms. The minimum absolute atomic E-state index is 0.125. The molecule has 1 aliphatic heterocycles. The van der Waals surface area contributed by atoms with Gasteiger partial charge in [-0.1, -0.05) is 18.2 Å². The van der Waals surface area contributed by atoms with Crippen LogP contribution in [0.25, 0.3) is 22.3 Å². The van der Waals surface area contributed by atoms with Gasteiger partial charge in [0.05, 0.1) is 28.5 Å². The lowest BCUT2D eigenvalue weighted by Gasteiger charge is -2.28. The minimum atomic E-state index is -2.97. The van der Waals surface area contributed by atoms with Gasteiger partial charge in [-0.2, -0.15) is 0 Å². The molecule has 4 aromatic rings. The van der Waals surface area contributed by atoms with Gasteiger partial charge in [0.15, 0.2) is 15.3 Å². The first kappa shape index (κ1) is 26.5. The lowest BCUT2D eigenvalue weighted by Crippen LogP contribution is -2.40. The fourth-order valence-electron chi connectivity index (χ4n) is 5.07. The molecule has 2 heterocycles. The zero-order valence-electron chi connectivity index (χ0n) is 22.0. The number of hydrogen-bond acceptors (Lipinski definition) is 7. The van der Waals surface area contributed by atoms with E-state index in [0.29, 0.717) is 41.1 Å². The number of benzene rings is 3. The van der Waals surface area contributed by atoms with Gasteiger partial charge in [-0.25, -0.2) is 13.2 Å². The highest BCUT2D eigenvalue weighted by Gasteiger charge is 2.23. The highest BCUT2D eigenvalue weighted by atomic mass is 32.2. The van der Waals surface area contributed by atoms with Crippen LogP contribution in [0.5, 0.6) is 0 Å². The van der Waals surface area contributed by atoms with Crippen molar-refractivity contribution in [3.05, 3.63) is 93.1 Å². The van der Waals surface area contributed by atoms with Crippen LogP contribution in [0.4, 0.5) is 11.4 Å². The van der Waals surface area contributed by atoms with E-state index in [1.807, 2.05) is 55.1 Å². The number of nitrogens with zero attached hydrogens (tertiary/aromatic N) is 1. The zero-order valence-corrected chi connectivity index (χ0v) is 22.8. The Morgan fingerprint density at radius 2 is 1.69 bits per heavy atom. The molecule has 1 fully saturated rings. The quantitative estimate of drug-likeness (QED) is 0.340. The van der Waals surface area contributed by atoms with E-state index in [0.717, 1.165) is 22.4 Å². The second-order valence-corrected chi connectivity index (χ2v) is 12.3. The van der Waals surface area contributed by atoms with Gasteiger partial charge in [0.1, 0.15) is 11.3 Å². The van der Waals surface area contributed by atoms with Crippen LogP contribution in [0.1, 0.15) is 40.0 Å². The van der Waals surface area contributed by atoms with Crippen LogP contribution >= 0.6 is 0 Å². The Morgan fingerprint density at radius 3 is 2.36 bits per heavy atom. The molecule has 0 radical (unpaired) electrons. The maximum Gasteiger partial charge on any atom is 0.337 e. The summed E-state index contributed by atoms with van der Waals surface area (Å²) in [6, 6.07) is 17.7. The van der Waals surface area contributed by atoms with Crippen LogP contribution in [0, 0.1) is 13.8 Å². The third kappa shape index (κ3) is 5.27. The highest BCUT2D eigenvalue weighted by molar-refractivity contribution is 7.91. The Labute approximate surface area is 226 Å². The highest BCUT2D eigenvalue weighted by Crippen LogP contribution is 2.33. The Morgan fingerprint density at radius 1 is 1.03 bits per heavy atom. The number of aryl methyl sites for hydroxylation is 1. The first-order chi connectivity index (χ1) is 18.5. The average Bonchev–Trinajstić information content (AvgIpc) is 2.91. The third-order valence-corrected chi connectivity index (χ3v) is 8.84. The van der Waals surface area contributed by atoms with Crippen LogP contribution in [0.2, 0.25) is 0 Å². The van der Waals surface area contributed by atoms with Crippen molar-refractivity contribution < 1.29 is 22.7 Å². The van der Waals surface area contributed by atoms with E-state index in [4.69, 9.17) is 4.42 Å². The van der Waals surface area contributed by atoms with Gasteiger partial charge in [0.2, 0.25) is 0 Å². The molecule has 0 bridgehead atoms. The number of hydrogen-bond donors (Lipinski definition) is 2. The number of carbonyl (C=O) groups is 1. The molecular weight excluding hydrogens is 516 g/mol. The van der Waals surface area contributed by atoms with Crippen LogP contribution in [-0.2, 0) is 9.84 Å². The number of rotatable bonds is 6. The summed E-state index contributed by atoms with van der Waals surface area (Å²) in [6.07, 6.45) is 0. The van der Waals surface area contributed by atoms with Crippen molar-refractivity contribution in [2.24, 2.45) is 0 Å². The molecule has 0 amide bonds. The standard InChI is InChI=1S/C30H30N2O6S/c1-18-16-24(20(3)31-26-7-5-4-6-23(26)30(34)35)29-25(17-18)27(33)19(2)28(38-29)21-8-10-22(11-9-21)32-12-14-39(36,37)15-13-32/h4-11,16-17,20,31H,12-15H2,1-3H3,(H,34,35). The molecule has 1 aromatic heterocycles. The average molecular weight is 547 g/mol. The smallest absolute Gasteiger partial charge is 0.337 e. The zero-order chi connectivity index (χ0) is 27.9. The molecule has 0 spiro atoms. The lowest BCUT2D eigenvalue weighted by atomic mass is 9.98. The predicted octanol–water partition coefficient (Wildman–Crippen LogP) is 5.18. The molecule has 202 valence electrons. The van der Waals surface area contributed by atoms with E-state index < -0.39 is 15.8 Å². The normalized spacial score (nSPS) is 15.7. The Hall–Kier alpha value is -4.11. The summed E-state index contributed by atoms with van der Waals surface area (Å²) >= 11 is 0. The Bertz CT molecular complexity index is 1730. The van der Waals surface area contributed by atoms with E-state index >= 15 is 0 Å². The molecule has 8 nitrogen and oxygen atoms in total. The van der Waals surface area contributed by atoms with Crippen molar-refractivity contribution in [2.75, 3.05) is 34.8 Å². The summed E-state index contributed by atoms with van der Waals surface area (Å²) in [5, 5.41) is 13.3. The van der Waals surface area contributed by atoms with Gasteiger partial charge in [-0.15, -0.1) is 0 Å². The molecule has 0 aliphatic carbocycles. The molecule has 5 rings (SSSR count). The summed E-state index contributed by atoms with van der Waals surface area (Å²) in [5.41, 5.74) is 4.74. The molecule has 1 aliphatic rings. The molecule has 1 unspecified atom stereocenters. The molecule has 1 atom stereocenters. The number of nitrogens with one attached hydrogen (secondary N) is 1. The number of sulfone groups is 1. The summed E-state index contributed by atoms with van der Waals surface area (Å²) < 4.78 is 30.0.